The van der Waals surface area contributed by atoms with Crippen molar-refractivity contribution in [3.8, 4) is 11.5 Å². The topological polar surface area (TPSA) is 88.6 Å². The molecule has 7 heteroatoms. The summed E-state index contributed by atoms with van der Waals surface area (Å²) in [5, 5.41) is 0. The minimum atomic E-state index is -0.299. The molecule has 0 amide bonds. The van der Waals surface area contributed by atoms with Crippen molar-refractivity contribution < 1.29 is 19.0 Å². The molecular formula is C13H17N3O4. The number of aromatic nitrogens is 2. The molecule has 0 bridgehead atoms. The molecule has 0 saturated heterocycles. The van der Waals surface area contributed by atoms with Crippen LogP contribution in [0.5, 0.6) is 11.5 Å². The third-order valence-electron chi connectivity index (χ3n) is 3.05. The van der Waals surface area contributed by atoms with Crippen LogP contribution in [-0.2, 0) is 16.1 Å². The van der Waals surface area contributed by atoms with Crippen LogP contribution in [0.15, 0.2) is 12.1 Å². The predicted octanol–water partition coefficient (Wildman–Crippen LogP) is 1.20. The van der Waals surface area contributed by atoms with Crippen molar-refractivity contribution in [1.29, 1.82) is 0 Å². The maximum absolute atomic E-state index is 11.2. The smallest absolute Gasteiger partial charge is 0.307 e. The van der Waals surface area contributed by atoms with E-state index in [1.807, 2.05) is 0 Å². The lowest BCUT2D eigenvalue weighted by molar-refractivity contribution is -0.140. The minimum absolute atomic E-state index is 0.223. The van der Waals surface area contributed by atoms with E-state index in [9.17, 15) is 4.79 Å². The van der Waals surface area contributed by atoms with Crippen molar-refractivity contribution >= 4 is 23.0 Å². The Hall–Kier alpha value is -2.44. The summed E-state index contributed by atoms with van der Waals surface area (Å²) in [6.45, 7) is 0.393. The zero-order chi connectivity index (χ0) is 14.7. The molecule has 0 aliphatic heterocycles. The first-order chi connectivity index (χ1) is 9.60. The second kappa shape index (κ2) is 5.68. The van der Waals surface area contributed by atoms with E-state index in [4.69, 9.17) is 15.2 Å². The fraction of sp³-hybridized carbons (Fsp3) is 0.385. The zero-order valence-corrected chi connectivity index (χ0v) is 11.7. The lowest BCUT2D eigenvalue weighted by atomic mass is 10.2. The molecule has 20 heavy (non-hydrogen) atoms. The number of hydrogen-bond acceptors (Lipinski definition) is 6. The number of carbonyl (C=O) groups excluding carboxylic acids is 1. The van der Waals surface area contributed by atoms with E-state index in [0.717, 1.165) is 5.52 Å². The molecule has 2 N–H and O–H groups in total. The van der Waals surface area contributed by atoms with Crippen LogP contribution in [0, 0.1) is 0 Å². The molecule has 7 nitrogen and oxygen atoms in total. The van der Waals surface area contributed by atoms with Gasteiger partial charge >= 0.3 is 5.97 Å². The normalized spacial score (nSPS) is 10.6. The van der Waals surface area contributed by atoms with Crippen molar-refractivity contribution in [3.63, 3.8) is 0 Å². The molecule has 2 rings (SSSR count). The van der Waals surface area contributed by atoms with Gasteiger partial charge in [0.1, 0.15) is 0 Å². The number of imidazole rings is 1. The van der Waals surface area contributed by atoms with Gasteiger partial charge in [0.05, 0.1) is 38.8 Å². The number of nitrogen functional groups attached to an aromatic ring is 1. The highest BCUT2D eigenvalue weighted by Crippen LogP contribution is 2.32. The molecule has 1 aromatic carbocycles. The molecular weight excluding hydrogens is 262 g/mol. The fourth-order valence-corrected chi connectivity index (χ4v) is 2.01. The van der Waals surface area contributed by atoms with Gasteiger partial charge < -0.3 is 24.5 Å². The molecule has 0 aliphatic rings. The molecule has 0 fully saturated rings. The Labute approximate surface area is 116 Å². The lowest BCUT2D eigenvalue weighted by Crippen LogP contribution is -2.09. The third kappa shape index (κ3) is 2.47. The van der Waals surface area contributed by atoms with E-state index in [1.165, 1.54) is 7.11 Å². The minimum Gasteiger partial charge on any atom is -0.493 e. The van der Waals surface area contributed by atoms with Gasteiger partial charge in [0.2, 0.25) is 5.95 Å². The van der Waals surface area contributed by atoms with Gasteiger partial charge in [-0.05, 0) is 0 Å². The Morgan fingerprint density at radius 1 is 1.25 bits per heavy atom. The second-order valence-corrected chi connectivity index (χ2v) is 4.14. The van der Waals surface area contributed by atoms with Crippen LogP contribution in [-0.4, -0.2) is 36.8 Å². The van der Waals surface area contributed by atoms with Crippen LogP contribution in [0.4, 0.5) is 5.95 Å². The number of anilines is 1. The van der Waals surface area contributed by atoms with Crippen molar-refractivity contribution in [2.45, 2.75) is 13.0 Å². The molecule has 0 saturated carbocycles. The monoisotopic (exact) mass is 279 g/mol. The van der Waals surface area contributed by atoms with Gasteiger partial charge in [-0.15, -0.1) is 0 Å². The van der Waals surface area contributed by atoms with Gasteiger partial charge in [0, 0.05) is 18.7 Å². The van der Waals surface area contributed by atoms with Crippen LogP contribution in [0.2, 0.25) is 0 Å². The van der Waals surface area contributed by atoms with Gasteiger partial charge in [-0.3, -0.25) is 4.79 Å². The molecule has 0 aliphatic carbocycles. The van der Waals surface area contributed by atoms with Crippen molar-refractivity contribution in [1.82, 2.24) is 9.55 Å². The van der Waals surface area contributed by atoms with Gasteiger partial charge in [-0.2, -0.15) is 0 Å². The van der Waals surface area contributed by atoms with Crippen molar-refractivity contribution in [3.05, 3.63) is 12.1 Å². The summed E-state index contributed by atoms with van der Waals surface area (Å²) in [5.41, 5.74) is 7.35. The van der Waals surface area contributed by atoms with Gasteiger partial charge in [0.25, 0.3) is 0 Å². The maximum Gasteiger partial charge on any atom is 0.307 e. The van der Waals surface area contributed by atoms with E-state index in [-0.39, 0.29) is 12.4 Å². The Balaban J connectivity index is 2.44. The lowest BCUT2D eigenvalue weighted by Gasteiger charge is -2.09. The summed E-state index contributed by atoms with van der Waals surface area (Å²) in [4.78, 5) is 15.5. The van der Waals surface area contributed by atoms with Crippen LogP contribution >= 0.6 is 0 Å². The van der Waals surface area contributed by atoms with Crippen LogP contribution < -0.4 is 15.2 Å². The number of carbonyl (C=O) groups is 1. The first-order valence-electron chi connectivity index (χ1n) is 6.05. The SMILES string of the molecule is COC(=O)CCn1c(N)nc2cc(OC)c(OC)cc21. The second-order valence-electron chi connectivity index (χ2n) is 4.14. The van der Waals surface area contributed by atoms with Crippen molar-refractivity contribution in [2.75, 3.05) is 27.1 Å². The largest absolute Gasteiger partial charge is 0.493 e. The number of fused-ring (bicyclic) bond motifs is 1. The summed E-state index contributed by atoms with van der Waals surface area (Å²) < 4.78 is 16.8. The first kappa shape index (κ1) is 14.0. The third-order valence-corrected chi connectivity index (χ3v) is 3.05. The van der Waals surface area contributed by atoms with Gasteiger partial charge in [-0.1, -0.05) is 0 Å². The van der Waals surface area contributed by atoms with Gasteiger partial charge in [0.15, 0.2) is 11.5 Å². The predicted molar refractivity (Wildman–Crippen MR) is 73.9 cm³/mol. The molecule has 0 spiro atoms. The van der Waals surface area contributed by atoms with E-state index in [1.54, 1.807) is 30.9 Å². The number of esters is 1. The highest BCUT2D eigenvalue weighted by atomic mass is 16.5. The highest BCUT2D eigenvalue weighted by molar-refractivity contribution is 5.82. The Kier molecular flexibility index (Phi) is 3.97. The standard InChI is InChI=1S/C13H17N3O4/c1-18-10-6-8-9(7-11(10)19-2)16(13(14)15-8)5-4-12(17)20-3/h6-7H,4-5H2,1-3H3,(H2,14,15). The fourth-order valence-electron chi connectivity index (χ4n) is 2.01. The summed E-state index contributed by atoms with van der Waals surface area (Å²) in [7, 11) is 4.47. The summed E-state index contributed by atoms with van der Waals surface area (Å²) in [5.74, 6) is 1.20. The molecule has 2 aromatic rings. The van der Waals surface area contributed by atoms with E-state index in [0.29, 0.717) is 29.5 Å². The average molecular weight is 279 g/mol. The van der Waals surface area contributed by atoms with Crippen LogP contribution in [0.25, 0.3) is 11.0 Å². The van der Waals surface area contributed by atoms with Crippen LogP contribution in [0.3, 0.4) is 0 Å². The number of hydrogen-bond donors (Lipinski definition) is 1. The van der Waals surface area contributed by atoms with Crippen molar-refractivity contribution in [2.24, 2.45) is 0 Å². The first-order valence-corrected chi connectivity index (χ1v) is 6.05. The van der Waals surface area contributed by atoms with E-state index < -0.39 is 0 Å². The number of aryl methyl sites for hydroxylation is 1. The molecule has 0 radical (unpaired) electrons. The van der Waals surface area contributed by atoms with E-state index in [2.05, 4.69) is 9.72 Å². The Morgan fingerprint density at radius 2 is 1.90 bits per heavy atom. The molecule has 0 atom stereocenters. The van der Waals surface area contributed by atoms with E-state index >= 15 is 0 Å². The number of benzene rings is 1. The molecule has 1 heterocycles. The zero-order valence-electron chi connectivity index (χ0n) is 11.7. The molecule has 108 valence electrons. The summed E-state index contributed by atoms with van der Waals surface area (Å²) in [6.07, 6.45) is 0.223. The summed E-state index contributed by atoms with van der Waals surface area (Å²) in [6, 6.07) is 3.54. The number of methoxy groups -OCH3 is 3. The number of ether oxygens (including phenoxy) is 3. The number of nitrogens with two attached hydrogens (primary N) is 1. The number of nitrogens with zero attached hydrogens (tertiary/aromatic N) is 2. The Morgan fingerprint density at radius 3 is 2.50 bits per heavy atom. The summed E-state index contributed by atoms with van der Waals surface area (Å²) >= 11 is 0. The average Bonchev–Trinajstić information content (AvgIpc) is 2.77. The van der Waals surface area contributed by atoms with Gasteiger partial charge in [-0.25, -0.2) is 4.98 Å². The van der Waals surface area contributed by atoms with Crippen LogP contribution in [0.1, 0.15) is 6.42 Å². The molecule has 0 unspecified atom stereocenters. The molecule has 1 aromatic heterocycles. The quantitative estimate of drug-likeness (QED) is 0.827. The highest BCUT2D eigenvalue weighted by Gasteiger charge is 2.14. The Bertz CT molecular complexity index is 636. The number of rotatable bonds is 5. The maximum atomic E-state index is 11.2.